The van der Waals surface area contributed by atoms with Crippen LogP contribution in [0.4, 0.5) is 4.39 Å². The Bertz CT molecular complexity index is 706. The first-order chi connectivity index (χ1) is 10.7. The number of halogens is 1. The van der Waals surface area contributed by atoms with Crippen LogP contribution in [0, 0.1) is 5.82 Å². The third-order valence-electron chi connectivity index (χ3n) is 4.15. The molecule has 114 valence electrons. The molecule has 2 nitrogen and oxygen atoms in total. The van der Waals surface area contributed by atoms with Crippen LogP contribution < -0.4 is 0 Å². The Morgan fingerprint density at radius 1 is 1.23 bits per heavy atom. The number of hydrogen-bond acceptors (Lipinski definition) is 2. The van der Waals surface area contributed by atoms with Crippen LogP contribution in [0.25, 0.3) is 0 Å². The molecule has 1 atom stereocenters. The minimum Gasteiger partial charge on any atom is -0.512 e. The minimum atomic E-state index is -0.285. The van der Waals surface area contributed by atoms with E-state index in [0.29, 0.717) is 18.6 Å². The first-order valence-corrected chi connectivity index (χ1v) is 7.56. The first kappa shape index (κ1) is 14.6. The van der Waals surface area contributed by atoms with Crippen molar-refractivity contribution in [2.24, 2.45) is 0 Å². The van der Waals surface area contributed by atoms with Crippen molar-refractivity contribution in [2.45, 2.75) is 32.3 Å². The van der Waals surface area contributed by atoms with Crippen molar-refractivity contribution in [3.8, 4) is 0 Å². The molecule has 3 heteroatoms. The molecule has 3 rings (SSSR count). The Morgan fingerprint density at radius 2 is 2.00 bits per heavy atom. The highest BCUT2D eigenvalue weighted by atomic mass is 19.1. The Hall–Kier alpha value is -2.29. The lowest BCUT2D eigenvalue weighted by Crippen LogP contribution is -2.09. The molecule has 0 amide bonds. The van der Waals surface area contributed by atoms with Gasteiger partial charge in [0.15, 0.2) is 0 Å². The fraction of sp³-hybridized carbons (Fsp3) is 0.263. The smallest absolute Gasteiger partial charge is 0.131 e. The van der Waals surface area contributed by atoms with E-state index in [1.807, 2.05) is 25.1 Å². The largest absolute Gasteiger partial charge is 0.512 e. The standard InChI is InChI=1S/C19H19FO2/c1-2-17(12-21)22-19-10-14-6-4-3-5-13(14)9-15-7-8-16(20)11-18(15)19/h3-8,11-12,19,21H,2,9-10H2,1H3/b17-12-/t19-/m0/s1. The van der Waals surface area contributed by atoms with Crippen LogP contribution in [-0.2, 0) is 17.6 Å². The molecule has 0 radical (unpaired) electrons. The Morgan fingerprint density at radius 3 is 2.73 bits per heavy atom. The molecule has 0 spiro atoms. The van der Waals surface area contributed by atoms with E-state index in [0.717, 1.165) is 23.8 Å². The molecule has 0 bridgehead atoms. The normalized spacial score (nSPS) is 17.4. The Balaban J connectivity index is 2.06. The van der Waals surface area contributed by atoms with Gasteiger partial charge in [0.05, 0.1) is 0 Å². The molecule has 0 saturated heterocycles. The molecule has 2 aromatic rings. The van der Waals surface area contributed by atoms with Gasteiger partial charge >= 0.3 is 0 Å². The minimum absolute atomic E-state index is 0.260. The molecule has 0 heterocycles. The van der Waals surface area contributed by atoms with Crippen LogP contribution in [-0.4, -0.2) is 5.11 Å². The molecule has 1 N–H and O–H groups in total. The Labute approximate surface area is 129 Å². The van der Waals surface area contributed by atoms with Gasteiger partial charge in [0.2, 0.25) is 0 Å². The molecule has 0 fully saturated rings. The van der Waals surface area contributed by atoms with Crippen molar-refractivity contribution in [2.75, 3.05) is 0 Å². The number of rotatable bonds is 3. The zero-order valence-corrected chi connectivity index (χ0v) is 12.6. The van der Waals surface area contributed by atoms with Gasteiger partial charge in [0, 0.05) is 12.8 Å². The second-order valence-corrected chi connectivity index (χ2v) is 5.55. The maximum Gasteiger partial charge on any atom is 0.131 e. The zero-order valence-electron chi connectivity index (χ0n) is 12.6. The number of benzene rings is 2. The number of ether oxygens (including phenoxy) is 1. The highest BCUT2D eigenvalue weighted by molar-refractivity contribution is 5.42. The van der Waals surface area contributed by atoms with E-state index in [1.54, 1.807) is 6.07 Å². The number of aliphatic hydroxyl groups is 1. The molecule has 0 saturated carbocycles. The van der Waals surface area contributed by atoms with E-state index in [1.165, 1.54) is 17.2 Å². The Kier molecular flexibility index (Phi) is 4.14. The summed E-state index contributed by atoms with van der Waals surface area (Å²) in [5.41, 5.74) is 4.39. The third kappa shape index (κ3) is 2.84. The summed E-state index contributed by atoms with van der Waals surface area (Å²) in [5, 5.41) is 9.26. The van der Waals surface area contributed by atoms with E-state index in [4.69, 9.17) is 4.74 Å². The lowest BCUT2D eigenvalue weighted by Gasteiger charge is -2.21. The van der Waals surface area contributed by atoms with E-state index >= 15 is 0 Å². The van der Waals surface area contributed by atoms with Gasteiger partial charge in [0.25, 0.3) is 0 Å². The lowest BCUT2D eigenvalue weighted by molar-refractivity contribution is 0.104. The van der Waals surface area contributed by atoms with Crippen LogP contribution in [0.2, 0.25) is 0 Å². The van der Waals surface area contributed by atoms with Crippen molar-refractivity contribution in [1.82, 2.24) is 0 Å². The third-order valence-corrected chi connectivity index (χ3v) is 4.15. The predicted octanol–water partition coefficient (Wildman–Crippen LogP) is 4.84. The van der Waals surface area contributed by atoms with Crippen LogP contribution in [0.3, 0.4) is 0 Å². The fourth-order valence-electron chi connectivity index (χ4n) is 2.96. The summed E-state index contributed by atoms with van der Waals surface area (Å²) >= 11 is 0. The van der Waals surface area contributed by atoms with Gasteiger partial charge in [-0.2, -0.15) is 0 Å². The number of hydrogen-bond donors (Lipinski definition) is 1. The summed E-state index contributed by atoms with van der Waals surface area (Å²) in [6.07, 6.45) is 2.75. The summed E-state index contributed by atoms with van der Waals surface area (Å²) in [5.74, 6) is 0.254. The molecule has 0 unspecified atom stereocenters. The summed E-state index contributed by atoms with van der Waals surface area (Å²) in [6.45, 7) is 1.92. The number of fused-ring (bicyclic) bond motifs is 2. The summed E-state index contributed by atoms with van der Waals surface area (Å²) in [6, 6.07) is 13.1. The van der Waals surface area contributed by atoms with Crippen molar-refractivity contribution < 1.29 is 14.2 Å². The number of allylic oxidation sites excluding steroid dienone is 1. The van der Waals surface area contributed by atoms with Crippen molar-refractivity contribution in [3.05, 3.63) is 82.6 Å². The van der Waals surface area contributed by atoms with Crippen LogP contribution >= 0.6 is 0 Å². The number of aliphatic hydroxyl groups excluding tert-OH is 1. The second-order valence-electron chi connectivity index (χ2n) is 5.55. The molecule has 1 aliphatic carbocycles. The lowest BCUT2D eigenvalue weighted by atomic mass is 9.99. The predicted molar refractivity (Wildman–Crippen MR) is 84.2 cm³/mol. The molecular formula is C19H19FO2. The van der Waals surface area contributed by atoms with E-state index in [9.17, 15) is 9.50 Å². The van der Waals surface area contributed by atoms with Crippen LogP contribution in [0.1, 0.15) is 41.7 Å². The molecule has 2 aromatic carbocycles. The van der Waals surface area contributed by atoms with E-state index in [-0.39, 0.29) is 11.9 Å². The van der Waals surface area contributed by atoms with E-state index < -0.39 is 0 Å². The van der Waals surface area contributed by atoms with Crippen molar-refractivity contribution >= 4 is 0 Å². The van der Waals surface area contributed by atoms with Gasteiger partial charge in [0.1, 0.15) is 23.9 Å². The van der Waals surface area contributed by atoms with Gasteiger partial charge in [-0.3, -0.25) is 0 Å². The monoisotopic (exact) mass is 298 g/mol. The highest BCUT2D eigenvalue weighted by Gasteiger charge is 2.24. The van der Waals surface area contributed by atoms with Gasteiger partial charge in [-0.15, -0.1) is 0 Å². The molecule has 1 aliphatic rings. The molecular weight excluding hydrogens is 279 g/mol. The quantitative estimate of drug-likeness (QED) is 0.822. The van der Waals surface area contributed by atoms with Crippen LogP contribution in [0.15, 0.2) is 54.5 Å². The first-order valence-electron chi connectivity index (χ1n) is 7.56. The van der Waals surface area contributed by atoms with Gasteiger partial charge in [-0.05, 0) is 40.8 Å². The molecule has 0 aromatic heterocycles. The van der Waals surface area contributed by atoms with E-state index in [2.05, 4.69) is 12.1 Å². The van der Waals surface area contributed by atoms with Gasteiger partial charge < -0.3 is 9.84 Å². The topological polar surface area (TPSA) is 29.5 Å². The SMILES string of the molecule is CC/C(=C/O)O[C@H]1Cc2ccccc2Cc2ccc(F)cc21. The summed E-state index contributed by atoms with van der Waals surface area (Å²) in [4.78, 5) is 0. The van der Waals surface area contributed by atoms with Crippen molar-refractivity contribution in [1.29, 1.82) is 0 Å². The van der Waals surface area contributed by atoms with Crippen molar-refractivity contribution in [3.63, 3.8) is 0 Å². The summed E-state index contributed by atoms with van der Waals surface area (Å²) < 4.78 is 19.7. The summed E-state index contributed by atoms with van der Waals surface area (Å²) in [7, 11) is 0. The average Bonchev–Trinajstić information content (AvgIpc) is 2.69. The van der Waals surface area contributed by atoms with Gasteiger partial charge in [-0.1, -0.05) is 37.3 Å². The molecule has 0 aliphatic heterocycles. The fourth-order valence-corrected chi connectivity index (χ4v) is 2.96. The molecule has 22 heavy (non-hydrogen) atoms. The zero-order chi connectivity index (χ0) is 15.5. The van der Waals surface area contributed by atoms with Gasteiger partial charge in [-0.25, -0.2) is 4.39 Å². The van der Waals surface area contributed by atoms with Crippen LogP contribution in [0.5, 0.6) is 0 Å². The maximum absolute atomic E-state index is 13.7. The average molecular weight is 298 g/mol. The highest BCUT2D eigenvalue weighted by Crippen LogP contribution is 2.34. The second kappa shape index (κ2) is 6.22. The maximum atomic E-state index is 13.7.